The first kappa shape index (κ1) is 14.6. The van der Waals surface area contributed by atoms with Crippen LogP contribution >= 0.6 is 0 Å². The van der Waals surface area contributed by atoms with Gasteiger partial charge in [-0.1, -0.05) is 6.07 Å². The van der Waals surface area contributed by atoms with Gasteiger partial charge in [0.25, 0.3) is 0 Å². The highest BCUT2D eigenvalue weighted by atomic mass is 19.1. The highest BCUT2D eigenvalue weighted by Crippen LogP contribution is 2.20. The number of benzene rings is 1. The Kier molecular flexibility index (Phi) is 4.84. The number of rotatable bonds is 6. The molecule has 0 amide bonds. The molecule has 0 bridgehead atoms. The second-order valence-electron chi connectivity index (χ2n) is 4.51. The van der Waals surface area contributed by atoms with E-state index in [1.165, 1.54) is 19.2 Å². The molecule has 0 N–H and O–H groups in total. The second-order valence-corrected chi connectivity index (χ2v) is 4.51. The molecule has 0 aliphatic rings. The predicted molar refractivity (Wildman–Crippen MR) is 67.4 cm³/mol. The molecule has 100 valence electrons. The number of carbonyl (C=O) groups excluding carboxylic acids is 1. The number of ketones is 1. The molecule has 0 heterocycles. The van der Waals surface area contributed by atoms with Crippen molar-refractivity contribution >= 4 is 5.78 Å². The highest BCUT2D eigenvalue weighted by Gasteiger charge is 2.27. The fourth-order valence-corrected chi connectivity index (χ4v) is 1.66. The zero-order chi connectivity index (χ0) is 13.8. The van der Waals surface area contributed by atoms with Gasteiger partial charge in [-0.2, -0.15) is 0 Å². The lowest BCUT2D eigenvalue weighted by molar-refractivity contribution is -0.139. The molecule has 0 spiro atoms. The normalized spacial score (nSPS) is 11.4. The van der Waals surface area contributed by atoms with Gasteiger partial charge in [-0.25, -0.2) is 4.39 Å². The molecule has 0 aliphatic carbocycles. The SMILES string of the molecule is CCOC(C)(C)C(=O)Cc1ccc(OC)c(F)c1. The van der Waals surface area contributed by atoms with E-state index in [2.05, 4.69) is 0 Å². The topological polar surface area (TPSA) is 35.5 Å². The minimum absolute atomic E-state index is 0.0751. The van der Waals surface area contributed by atoms with Crippen LogP contribution in [0.5, 0.6) is 5.75 Å². The lowest BCUT2D eigenvalue weighted by atomic mass is 9.96. The quantitative estimate of drug-likeness (QED) is 0.783. The van der Waals surface area contributed by atoms with Crippen molar-refractivity contribution in [2.75, 3.05) is 13.7 Å². The summed E-state index contributed by atoms with van der Waals surface area (Å²) in [5.41, 5.74) is -0.225. The van der Waals surface area contributed by atoms with Crippen LogP contribution in [0.4, 0.5) is 4.39 Å². The monoisotopic (exact) mass is 254 g/mol. The van der Waals surface area contributed by atoms with E-state index < -0.39 is 11.4 Å². The van der Waals surface area contributed by atoms with Crippen molar-refractivity contribution in [1.82, 2.24) is 0 Å². The minimum atomic E-state index is -0.842. The number of ether oxygens (including phenoxy) is 2. The van der Waals surface area contributed by atoms with E-state index in [1.54, 1.807) is 19.9 Å². The van der Waals surface area contributed by atoms with Crippen LogP contribution in [-0.2, 0) is 16.0 Å². The third-order valence-electron chi connectivity index (χ3n) is 2.76. The van der Waals surface area contributed by atoms with Crippen LogP contribution in [0, 0.1) is 5.82 Å². The number of halogens is 1. The van der Waals surface area contributed by atoms with E-state index in [0.717, 1.165) is 0 Å². The molecule has 1 aromatic rings. The summed E-state index contributed by atoms with van der Waals surface area (Å²) in [7, 11) is 1.40. The first-order chi connectivity index (χ1) is 8.40. The van der Waals surface area contributed by atoms with E-state index in [9.17, 15) is 9.18 Å². The number of hydrogen-bond donors (Lipinski definition) is 0. The van der Waals surface area contributed by atoms with Crippen molar-refractivity contribution in [1.29, 1.82) is 0 Å². The molecule has 0 fully saturated rings. The summed E-state index contributed by atoms with van der Waals surface area (Å²) in [6, 6.07) is 4.52. The maximum absolute atomic E-state index is 13.5. The molecular formula is C14H19FO3. The Bertz CT molecular complexity index is 427. The number of hydrogen-bond acceptors (Lipinski definition) is 3. The van der Waals surface area contributed by atoms with Gasteiger partial charge in [0.2, 0.25) is 0 Å². The molecule has 3 nitrogen and oxygen atoms in total. The van der Waals surface area contributed by atoms with Gasteiger partial charge < -0.3 is 9.47 Å². The summed E-state index contributed by atoms with van der Waals surface area (Å²) >= 11 is 0. The largest absolute Gasteiger partial charge is 0.494 e. The molecule has 18 heavy (non-hydrogen) atoms. The molecule has 0 saturated heterocycles. The van der Waals surface area contributed by atoms with E-state index >= 15 is 0 Å². The van der Waals surface area contributed by atoms with Gasteiger partial charge in [0.15, 0.2) is 17.3 Å². The molecule has 0 atom stereocenters. The zero-order valence-corrected chi connectivity index (χ0v) is 11.2. The van der Waals surface area contributed by atoms with Crippen LogP contribution in [0.15, 0.2) is 18.2 Å². The summed E-state index contributed by atoms with van der Waals surface area (Å²) in [6.07, 6.45) is 0.147. The summed E-state index contributed by atoms with van der Waals surface area (Å²) in [4.78, 5) is 12.0. The lowest BCUT2D eigenvalue weighted by Gasteiger charge is -2.23. The third kappa shape index (κ3) is 3.53. The molecule has 0 unspecified atom stereocenters. The summed E-state index contributed by atoms with van der Waals surface area (Å²) < 4.78 is 23.7. The van der Waals surface area contributed by atoms with Gasteiger partial charge in [-0.05, 0) is 38.5 Å². The van der Waals surface area contributed by atoms with Crippen LogP contribution < -0.4 is 4.74 Å². The maximum atomic E-state index is 13.5. The summed E-state index contributed by atoms with van der Waals surface area (Å²) in [5, 5.41) is 0. The predicted octanol–water partition coefficient (Wildman–Crippen LogP) is 2.76. The van der Waals surface area contributed by atoms with Crippen LogP contribution in [0.25, 0.3) is 0 Å². The minimum Gasteiger partial charge on any atom is -0.494 e. The average molecular weight is 254 g/mol. The van der Waals surface area contributed by atoms with Gasteiger partial charge in [-0.3, -0.25) is 4.79 Å². The molecule has 0 aromatic heterocycles. The Morgan fingerprint density at radius 3 is 2.56 bits per heavy atom. The molecule has 1 rings (SSSR count). The Hall–Kier alpha value is -1.42. The van der Waals surface area contributed by atoms with Gasteiger partial charge in [0, 0.05) is 13.0 Å². The molecule has 1 aromatic carbocycles. The van der Waals surface area contributed by atoms with Gasteiger partial charge in [0.05, 0.1) is 7.11 Å². The van der Waals surface area contributed by atoms with Crippen molar-refractivity contribution < 1.29 is 18.7 Å². The van der Waals surface area contributed by atoms with Crippen LogP contribution in [0.2, 0.25) is 0 Å². The first-order valence-electron chi connectivity index (χ1n) is 5.90. The van der Waals surface area contributed by atoms with Crippen LogP contribution in [0.3, 0.4) is 0 Å². The van der Waals surface area contributed by atoms with Crippen molar-refractivity contribution in [3.63, 3.8) is 0 Å². The van der Waals surface area contributed by atoms with Crippen molar-refractivity contribution in [3.8, 4) is 5.75 Å². The zero-order valence-electron chi connectivity index (χ0n) is 11.2. The fraction of sp³-hybridized carbons (Fsp3) is 0.500. The second kappa shape index (κ2) is 5.96. The maximum Gasteiger partial charge on any atom is 0.168 e. The Morgan fingerprint density at radius 1 is 1.39 bits per heavy atom. The summed E-state index contributed by atoms with van der Waals surface area (Å²) in [5.74, 6) is -0.360. The molecule has 4 heteroatoms. The standard InChI is InChI=1S/C14H19FO3/c1-5-18-14(2,3)13(16)9-10-6-7-12(17-4)11(15)8-10/h6-8H,5,9H2,1-4H3. The van der Waals surface area contributed by atoms with Crippen molar-refractivity contribution in [3.05, 3.63) is 29.6 Å². The van der Waals surface area contributed by atoms with Gasteiger partial charge in [0.1, 0.15) is 5.60 Å². The highest BCUT2D eigenvalue weighted by molar-refractivity contribution is 5.88. The average Bonchev–Trinajstić information content (AvgIpc) is 2.29. The van der Waals surface area contributed by atoms with E-state index in [-0.39, 0.29) is 18.0 Å². The number of methoxy groups -OCH3 is 1. The Labute approximate surface area is 107 Å². The van der Waals surface area contributed by atoms with Crippen molar-refractivity contribution in [2.24, 2.45) is 0 Å². The fourth-order valence-electron chi connectivity index (χ4n) is 1.66. The Morgan fingerprint density at radius 2 is 2.06 bits per heavy atom. The smallest absolute Gasteiger partial charge is 0.168 e. The van der Waals surface area contributed by atoms with E-state index in [4.69, 9.17) is 9.47 Å². The number of Topliss-reactive ketones (excluding diaryl/α,β-unsaturated/α-hetero) is 1. The molecule has 0 radical (unpaired) electrons. The summed E-state index contributed by atoms with van der Waals surface area (Å²) in [6.45, 7) is 5.75. The van der Waals surface area contributed by atoms with Gasteiger partial charge in [-0.15, -0.1) is 0 Å². The van der Waals surface area contributed by atoms with Crippen LogP contribution in [-0.4, -0.2) is 25.1 Å². The molecule has 0 saturated carbocycles. The van der Waals surface area contributed by atoms with E-state index in [1.807, 2.05) is 6.92 Å². The molecular weight excluding hydrogens is 235 g/mol. The number of carbonyl (C=O) groups is 1. The van der Waals surface area contributed by atoms with E-state index in [0.29, 0.717) is 12.2 Å². The Balaban J connectivity index is 2.79. The van der Waals surface area contributed by atoms with Crippen molar-refractivity contribution in [2.45, 2.75) is 32.8 Å². The van der Waals surface area contributed by atoms with Gasteiger partial charge >= 0.3 is 0 Å². The molecule has 0 aliphatic heterocycles. The van der Waals surface area contributed by atoms with Crippen LogP contribution in [0.1, 0.15) is 26.3 Å². The third-order valence-corrected chi connectivity index (χ3v) is 2.76. The lowest BCUT2D eigenvalue weighted by Crippen LogP contribution is -2.36. The first-order valence-corrected chi connectivity index (χ1v) is 5.90.